The van der Waals surface area contributed by atoms with E-state index in [4.69, 9.17) is 16.3 Å². The van der Waals surface area contributed by atoms with Gasteiger partial charge in [0, 0.05) is 41.3 Å². The highest BCUT2D eigenvalue weighted by molar-refractivity contribution is 6.36. The van der Waals surface area contributed by atoms with Crippen LogP contribution < -0.4 is 21.0 Å². The average molecular weight is 552 g/mol. The van der Waals surface area contributed by atoms with Gasteiger partial charge in [0.25, 0.3) is 5.56 Å². The number of hydrogen-bond acceptors (Lipinski definition) is 8. The van der Waals surface area contributed by atoms with Gasteiger partial charge >= 0.3 is 6.01 Å². The number of anilines is 1. The van der Waals surface area contributed by atoms with E-state index in [9.17, 15) is 9.59 Å². The van der Waals surface area contributed by atoms with Crippen molar-refractivity contribution in [1.29, 1.82) is 0 Å². The van der Waals surface area contributed by atoms with Gasteiger partial charge in [-0.05, 0) is 24.6 Å². The fourth-order valence-corrected chi connectivity index (χ4v) is 5.24. The number of pyridine rings is 2. The summed E-state index contributed by atoms with van der Waals surface area (Å²) in [5.41, 5.74) is 2.31. The molecule has 2 N–H and O–H groups in total. The number of benzene rings is 2. The molecule has 1 atom stereocenters. The minimum absolute atomic E-state index is 0.224. The molecule has 0 aliphatic heterocycles. The van der Waals surface area contributed by atoms with Gasteiger partial charge in [-0.1, -0.05) is 48.0 Å². The van der Waals surface area contributed by atoms with E-state index in [1.54, 1.807) is 17.0 Å². The Bertz CT molecular complexity index is 1990. The number of methoxy groups -OCH3 is 1. The number of aromatic amines is 1. The van der Waals surface area contributed by atoms with Gasteiger partial charge in [-0.2, -0.15) is 0 Å². The summed E-state index contributed by atoms with van der Waals surface area (Å²) in [6, 6.07) is 15.8. The van der Waals surface area contributed by atoms with Crippen LogP contribution in [0.3, 0.4) is 0 Å². The molecular weight excluding hydrogens is 530 g/mol. The van der Waals surface area contributed by atoms with Crippen molar-refractivity contribution in [3.8, 4) is 22.8 Å². The lowest BCUT2D eigenvalue weighted by molar-refractivity contribution is 0.380. The second-order valence-corrected chi connectivity index (χ2v) is 9.39. The van der Waals surface area contributed by atoms with Crippen molar-refractivity contribution in [3.63, 3.8) is 0 Å². The van der Waals surface area contributed by atoms with Crippen molar-refractivity contribution in [1.82, 2.24) is 29.5 Å². The number of ether oxygens (including phenoxy) is 1. The van der Waals surface area contributed by atoms with E-state index in [0.717, 1.165) is 0 Å². The molecule has 0 saturated carbocycles. The monoisotopic (exact) mass is 551 g/mol. The van der Waals surface area contributed by atoms with Crippen molar-refractivity contribution < 1.29 is 4.74 Å². The Morgan fingerprint density at radius 1 is 0.950 bits per heavy atom. The van der Waals surface area contributed by atoms with Gasteiger partial charge in [0.15, 0.2) is 5.43 Å². The lowest BCUT2D eigenvalue weighted by Crippen LogP contribution is -2.27. The molecule has 0 unspecified atom stereocenters. The molecule has 0 aliphatic carbocycles. The molecule has 4 aromatic heterocycles. The molecule has 6 aromatic rings. The zero-order chi connectivity index (χ0) is 27.8. The molecule has 0 radical (unpaired) electrons. The van der Waals surface area contributed by atoms with Gasteiger partial charge in [-0.3, -0.25) is 14.2 Å². The maximum atomic E-state index is 14.4. The van der Waals surface area contributed by atoms with Crippen LogP contribution in [0.4, 0.5) is 5.82 Å². The quantitative estimate of drug-likeness (QED) is 0.299. The minimum atomic E-state index is -0.546. The van der Waals surface area contributed by atoms with Crippen LogP contribution in [-0.2, 0) is 0 Å². The summed E-state index contributed by atoms with van der Waals surface area (Å²) in [5, 5.41) is 4.97. The minimum Gasteiger partial charge on any atom is -0.467 e. The van der Waals surface area contributed by atoms with Crippen molar-refractivity contribution in [3.05, 3.63) is 111 Å². The third-order valence-corrected chi connectivity index (χ3v) is 7.03. The summed E-state index contributed by atoms with van der Waals surface area (Å²) in [6.45, 7) is 1.86. The van der Waals surface area contributed by atoms with Gasteiger partial charge in [0.1, 0.15) is 23.2 Å². The Labute approximate surface area is 232 Å². The molecule has 4 heterocycles. The summed E-state index contributed by atoms with van der Waals surface area (Å²) in [5.74, 6) is 0.326. The van der Waals surface area contributed by atoms with E-state index < -0.39 is 6.04 Å². The standard InChI is InChI=1S/C29H22ClN7O3/c1-16(36-27-23-21(38)11-12-31-26(23)34-15-35-27)25-24(30)20-10-6-9-19(17-13-32-29(40-2)33-14-17)22(20)28(39)37(25)18-7-4-3-5-8-18/h3-16H,1-2H3,(H2,31,34,35,36,38)/t16-/m0/s1. The van der Waals surface area contributed by atoms with E-state index in [2.05, 4.69) is 30.2 Å². The number of rotatable bonds is 6. The van der Waals surface area contributed by atoms with E-state index in [1.807, 2.05) is 55.5 Å². The van der Waals surface area contributed by atoms with E-state index in [0.29, 0.717) is 55.2 Å². The first-order chi connectivity index (χ1) is 19.5. The Kier molecular flexibility index (Phi) is 6.45. The highest BCUT2D eigenvalue weighted by Crippen LogP contribution is 2.36. The first-order valence-corrected chi connectivity index (χ1v) is 12.7. The summed E-state index contributed by atoms with van der Waals surface area (Å²) >= 11 is 7.13. The number of H-pyrrole nitrogens is 1. The fraction of sp³-hybridized carbons (Fsp3) is 0.103. The highest BCUT2D eigenvalue weighted by Gasteiger charge is 2.24. The normalized spacial score (nSPS) is 12.0. The molecule has 2 aromatic carbocycles. The van der Waals surface area contributed by atoms with E-state index in [-0.39, 0.29) is 17.0 Å². The highest BCUT2D eigenvalue weighted by atomic mass is 35.5. The summed E-state index contributed by atoms with van der Waals surface area (Å²) in [6.07, 6.45) is 6.11. The molecule has 40 heavy (non-hydrogen) atoms. The van der Waals surface area contributed by atoms with Gasteiger partial charge in [-0.15, -0.1) is 0 Å². The fourth-order valence-electron chi connectivity index (χ4n) is 4.83. The van der Waals surface area contributed by atoms with Gasteiger partial charge in [0.05, 0.1) is 29.3 Å². The Balaban J connectivity index is 1.60. The van der Waals surface area contributed by atoms with Crippen LogP contribution in [-0.4, -0.2) is 36.6 Å². The zero-order valence-electron chi connectivity index (χ0n) is 21.4. The molecule has 0 fully saturated rings. The lowest BCUT2D eigenvalue weighted by atomic mass is 9.99. The number of nitrogens with zero attached hydrogens (tertiary/aromatic N) is 5. The predicted octanol–water partition coefficient (Wildman–Crippen LogP) is 4.91. The number of para-hydroxylation sites is 1. The smallest absolute Gasteiger partial charge is 0.316 e. The van der Waals surface area contributed by atoms with Crippen LogP contribution in [0.15, 0.2) is 89.1 Å². The molecule has 10 nitrogen and oxygen atoms in total. The van der Waals surface area contributed by atoms with Crippen molar-refractivity contribution in [2.24, 2.45) is 0 Å². The largest absolute Gasteiger partial charge is 0.467 e. The second-order valence-electron chi connectivity index (χ2n) is 9.02. The molecule has 0 bridgehead atoms. The van der Waals surface area contributed by atoms with Crippen molar-refractivity contribution in [2.75, 3.05) is 12.4 Å². The lowest BCUT2D eigenvalue weighted by Gasteiger charge is -2.24. The molecule has 0 spiro atoms. The summed E-state index contributed by atoms with van der Waals surface area (Å²) < 4.78 is 6.68. The zero-order valence-corrected chi connectivity index (χ0v) is 22.2. The molecule has 0 amide bonds. The number of nitrogens with one attached hydrogen (secondary N) is 2. The second kappa shape index (κ2) is 10.2. The molecule has 0 saturated heterocycles. The first-order valence-electron chi connectivity index (χ1n) is 12.4. The van der Waals surface area contributed by atoms with Crippen molar-refractivity contribution >= 4 is 39.2 Å². The Morgan fingerprint density at radius 2 is 1.73 bits per heavy atom. The molecule has 198 valence electrons. The molecule has 6 rings (SSSR count). The van der Waals surface area contributed by atoms with Crippen LogP contribution in [0, 0.1) is 0 Å². The number of aromatic nitrogens is 6. The van der Waals surface area contributed by atoms with Gasteiger partial charge in [-0.25, -0.2) is 19.9 Å². The molecule has 11 heteroatoms. The third-order valence-electron chi connectivity index (χ3n) is 6.63. The first kappa shape index (κ1) is 25.2. The number of halogens is 1. The van der Waals surface area contributed by atoms with Crippen LogP contribution in [0.5, 0.6) is 6.01 Å². The Morgan fingerprint density at radius 3 is 2.48 bits per heavy atom. The van der Waals surface area contributed by atoms with Crippen molar-refractivity contribution in [2.45, 2.75) is 13.0 Å². The van der Waals surface area contributed by atoms with Crippen LogP contribution in [0.2, 0.25) is 5.02 Å². The molecule has 0 aliphatic rings. The average Bonchev–Trinajstić information content (AvgIpc) is 2.99. The Hall–Kier alpha value is -5.09. The van der Waals surface area contributed by atoms with E-state index >= 15 is 0 Å². The predicted molar refractivity (Wildman–Crippen MR) is 154 cm³/mol. The number of fused-ring (bicyclic) bond motifs is 2. The topological polar surface area (TPSA) is 128 Å². The van der Waals surface area contributed by atoms with Gasteiger partial charge in [0.2, 0.25) is 0 Å². The van der Waals surface area contributed by atoms with E-state index in [1.165, 1.54) is 25.7 Å². The van der Waals surface area contributed by atoms with Crippen LogP contribution in [0.25, 0.3) is 38.6 Å². The molecular formula is C29H22ClN7O3. The summed E-state index contributed by atoms with van der Waals surface area (Å²) in [4.78, 5) is 46.9. The number of hydrogen-bond donors (Lipinski definition) is 2. The third kappa shape index (κ3) is 4.24. The van der Waals surface area contributed by atoms with Crippen LogP contribution in [0.1, 0.15) is 18.7 Å². The maximum Gasteiger partial charge on any atom is 0.316 e. The maximum absolute atomic E-state index is 14.4. The summed E-state index contributed by atoms with van der Waals surface area (Å²) in [7, 11) is 1.49. The SMILES string of the molecule is COc1ncc(-c2cccc3c(Cl)c([C@H](C)Nc4ncnc5[nH]ccc(=O)c45)n(-c4ccccc4)c(=O)c23)cn1. The van der Waals surface area contributed by atoms with Crippen LogP contribution >= 0.6 is 11.6 Å². The van der Waals surface area contributed by atoms with Gasteiger partial charge < -0.3 is 15.0 Å².